The highest BCUT2D eigenvalue weighted by Crippen LogP contribution is 2.43. The molecule has 4 rings (SSSR count). The maximum absolute atomic E-state index is 12.9. The third kappa shape index (κ3) is 6.00. The van der Waals surface area contributed by atoms with Gasteiger partial charge in [-0.15, -0.1) is 11.3 Å². The first-order chi connectivity index (χ1) is 16.0. The van der Waals surface area contributed by atoms with Crippen LogP contribution >= 0.6 is 11.3 Å². The summed E-state index contributed by atoms with van der Waals surface area (Å²) in [4.78, 5) is 29.3. The molecular weight excluding hydrogens is 434 g/mol. The fraction of sp³-hybridized carbons (Fsp3) is 0.778. The molecule has 3 saturated carbocycles. The molecule has 5 nitrogen and oxygen atoms in total. The molecule has 0 aromatic carbocycles. The van der Waals surface area contributed by atoms with Crippen molar-refractivity contribution in [3.05, 3.63) is 15.8 Å². The predicted molar refractivity (Wildman–Crippen MR) is 133 cm³/mol. The lowest BCUT2D eigenvalue weighted by molar-refractivity contribution is -0.120. The van der Waals surface area contributed by atoms with E-state index in [4.69, 9.17) is 9.47 Å². The summed E-state index contributed by atoms with van der Waals surface area (Å²) >= 11 is 1.61. The summed E-state index contributed by atoms with van der Waals surface area (Å²) in [7, 11) is 3.31. The van der Waals surface area contributed by atoms with Gasteiger partial charge in [0.2, 0.25) is 0 Å². The lowest BCUT2D eigenvalue weighted by Crippen LogP contribution is -2.43. The lowest BCUT2D eigenvalue weighted by Gasteiger charge is -2.41. The Balaban J connectivity index is 1.62. The Morgan fingerprint density at radius 3 is 2.27 bits per heavy atom. The zero-order valence-electron chi connectivity index (χ0n) is 20.6. The Kier molecular flexibility index (Phi) is 8.50. The highest BCUT2D eigenvalue weighted by Gasteiger charge is 2.34. The van der Waals surface area contributed by atoms with Crippen molar-refractivity contribution in [2.45, 2.75) is 102 Å². The zero-order valence-corrected chi connectivity index (χ0v) is 21.5. The van der Waals surface area contributed by atoms with Crippen molar-refractivity contribution in [3.8, 4) is 0 Å². The van der Waals surface area contributed by atoms with Gasteiger partial charge in [-0.05, 0) is 75.2 Å². The van der Waals surface area contributed by atoms with Gasteiger partial charge in [0.15, 0.2) is 0 Å². The van der Waals surface area contributed by atoms with Gasteiger partial charge in [0, 0.05) is 37.4 Å². The minimum Gasteiger partial charge on any atom is -0.465 e. The van der Waals surface area contributed by atoms with Crippen LogP contribution in [-0.2, 0) is 14.3 Å². The molecule has 0 amide bonds. The monoisotopic (exact) mass is 475 g/mol. The van der Waals surface area contributed by atoms with E-state index < -0.39 is 0 Å². The summed E-state index contributed by atoms with van der Waals surface area (Å²) in [6, 6.07) is 2.72. The normalized spacial score (nSPS) is 29.1. The molecule has 0 radical (unpaired) electrons. The van der Waals surface area contributed by atoms with Gasteiger partial charge in [0.05, 0.1) is 18.9 Å². The van der Waals surface area contributed by atoms with Crippen LogP contribution in [0.1, 0.15) is 104 Å². The molecular formula is C27H41NO4S. The number of ketones is 1. The standard InChI is InChI=1S/C27H41NO4S/c1-18-4-6-19(7-5-18)17-28(21-10-14-23(31-2)15-11-21)24-16-25(33-26(24)27(30)32-3)20-8-12-22(29)13-9-20/h16,18-21,23H,4-15,17H2,1-3H3. The Labute approximate surface area is 203 Å². The SMILES string of the molecule is COC(=O)c1sc(C2CCC(=O)CC2)cc1N(CC1CCC(C)CC1)C1CCC(OC)CC1. The Morgan fingerprint density at radius 1 is 1.00 bits per heavy atom. The highest BCUT2D eigenvalue weighted by molar-refractivity contribution is 7.14. The van der Waals surface area contributed by atoms with Crippen LogP contribution in [-0.4, -0.2) is 44.7 Å². The second kappa shape index (κ2) is 11.4. The van der Waals surface area contributed by atoms with Crippen molar-refractivity contribution in [3.63, 3.8) is 0 Å². The molecule has 0 N–H and O–H groups in total. The second-order valence-electron chi connectivity index (χ2n) is 10.6. The molecule has 0 saturated heterocycles. The third-order valence-corrected chi connectivity index (χ3v) is 9.63. The van der Waals surface area contributed by atoms with Crippen LogP contribution in [0, 0.1) is 11.8 Å². The number of thiophene rings is 1. The second-order valence-corrected chi connectivity index (χ2v) is 11.7. The summed E-state index contributed by atoms with van der Waals surface area (Å²) < 4.78 is 10.9. The maximum atomic E-state index is 12.9. The smallest absolute Gasteiger partial charge is 0.350 e. The number of esters is 1. The van der Waals surface area contributed by atoms with E-state index in [1.54, 1.807) is 11.3 Å². The zero-order chi connectivity index (χ0) is 23.4. The summed E-state index contributed by atoms with van der Waals surface area (Å²) in [5.41, 5.74) is 1.08. The van der Waals surface area contributed by atoms with Gasteiger partial charge in [-0.25, -0.2) is 4.79 Å². The number of methoxy groups -OCH3 is 2. The van der Waals surface area contributed by atoms with Crippen LogP contribution in [0.15, 0.2) is 6.07 Å². The molecule has 33 heavy (non-hydrogen) atoms. The fourth-order valence-corrected chi connectivity index (χ4v) is 7.36. The summed E-state index contributed by atoms with van der Waals surface area (Å²) in [6.45, 7) is 3.40. The predicted octanol–water partition coefficient (Wildman–Crippen LogP) is 6.35. The summed E-state index contributed by atoms with van der Waals surface area (Å²) in [5, 5.41) is 0. The molecule has 6 heteroatoms. The van der Waals surface area contributed by atoms with Crippen LogP contribution in [0.2, 0.25) is 0 Å². The maximum Gasteiger partial charge on any atom is 0.350 e. The molecule has 0 bridgehead atoms. The number of carbonyl (C=O) groups is 2. The van der Waals surface area contributed by atoms with Crippen molar-refractivity contribution < 1.29 is 19.1 Å². The first-order valence-corrected chi connectivity index (χ1v) is 13.8. The van der Waals surface area contributed by atoms with Gasteiger partial charge in [-0.2, -0.15) is 0 Å². The van der Waals surface area contributed by atoms with Crippen molar-refractivity contribution in [1.29, 1.82) is 0 Å². The van der Waals surface area contributed by atoms with Gasteiger partial charge in [-0.3, -0.25) is 4.79 Å². The number of anilines is 1. The lowest BCUT2D eigenvalue weighted by atomic mass is 9.82. The van der Waals surface area contributed by atoms with Gasteiger partial charge < -0.3 is 14.4 Å². The third-order valence-electron chi connectivity index (χ3n) is 8.37. The van der Waals surface area contributed by atoms with Crippen molar-refractivity contribution >= 4 is 28.8 Å². The largest absolute Gasteiger partial charge is 0.465 e. The number of Topliss-reactive ketones (excluding diaryl/α,β-unsaturated/α-hetero) is 1. The highest BCUT2D eigenvalue weighted by atomic mass is 32.1. The van der Waals surface area contributed by atoms with Crippen molar-refractivity contribution in [2.24, 2.45) is 11.8 Å². The van der Waals surface area contributed by atoms with E-state index in [1.165, 1.54) is 37.7 Å². The van der Waals surface area contributed by atoms with E-state index in [0.717, 1.165) is 61.6 Å². The van der Waals surface area contributed by atoms with Gasteiger partial charge >= 0.3 is 5.97 Å². The van der Waals surface area contributed by atoms with E-state index in [9.17, 15) is 9.59 Å². The van der Waals surface area contributed by atoms with Crippen LogP contribution in [0.25, 0.3) is 0 Å². The molecule has 184 valence electrons. The van der Waals surface area contributed by atoms with Crippen LogP contribution in [0.4, 0.5) is 5.69 Å². The molecule has 3 aliphatic rings. The minimum atomic E-state index is -0.221. The van der Waals surface area contributed by atoms with Gasteiger partial charge in [0.1, 0.15) is 10.7 Å². The number of hydrogen-bond acceptors (Lipinski definition) is 6. The topological polar surface area (TPSA) is 55.8 Å². The molecule has 1 heterocycles. The molecule has 0 spiro atoms. The van der Waals surface area contributed by atoms with Crippen LogP contribution in [0.5, 0.6) is 0 Å². The molecule has 3 aliphatic carbocycles. The first kappa shape index (κ1) is 24.7. The Hall–Kier alpha value is -1.40. The van der Waals surface area contributed by atoms with Gasteiger partial charge in [-0.1, -0.05) is 19.8 Å². The first-order valence-electron chi connectivity index (χ1n) is 13.0. The molecule has 0 unspecified atom stereocenters. The molecule has 0 aliphatic heterocycles. The number of hydrogen-bond donors (Lipinski definition) is 0. The van der Waals surface area contributed by atoms with Crippen molar-refractivity contribution in [2.75, 3.05) is 25.7 Å². The van der Waals surface area contributed by atoms with Crippen LogP contribution in [0.3, 0.4) is 0 Å². The number of ether oxygens (including phenoxy) is 2. The summed E-state index contributed by atoms with van der Waals surface area (Å²) in [6.07, 6.45) is 13.0. The fourth-order valence-electron chi connectivity index (χ4n) is 6.10. The number of nitrogens with zero attached hydrogens (tertiary/aromatic N) is 1. The van der Waals surface area contributed by atoms with E-state index in [0.29, 0.717) is 42.6 Å². The summed E-state index contributed by atoms with van der Waals surface area (Å²) in [5.74, 6) is 2.05. The van der Waals surface area contributed by atoms with E-state index >= 15 is 0 Å². The van der Waals surface area contributed by atoms with Gasteiger partial charge in [0.25, 0.3) is 0 Å². The molecule has 1 aromatic heterocycles. The average molecular weight is 476 g/mol. The average Bonchev–Trinajstić information content (AvgIpc) is 3.29. The minimum absolute atomic E-state index is 0.221. The number of carbonyl (C=O) groups excluding carboxylic acids is 2. The quantitative estimate of drug-likeness (QED) is 0.430. The molecule has 0 atom stereocenters. The number of rotatable bonds is 7. The molecule has 3 fully saturated rings. The van der Waals surface area contributed by atoms with Crippen LogP contribution < -0.4 is 4.90 Å². The van der Waals surface area contributed by atoms with E-state index in [-0.39, 0.29) is 5.97 Å². The van der Waals surface area contributed by atoms with E-state index in [2.05, 4.69) is 17.9 Å². The van der Waals surface area contributed by atoms with E-state index in [1.807, 2.05) is 7.11 Å². The molecule has 1 aromatic rings. The van der Waals surface area contributed by atoms with Crippen molar-refractivity contribution in [1.82, 2.24) is 0 Å². The Morgan fingerprint density at radius 2 is 1.67 bits per heavy atom. The Bertz CT molecular complexity index is 795.